The van der Waals surface area contributed by atoms with Gasteiger partial charge in [0.15, 0.2) is 5.78 Å². The molecule has 0 N–H and O–H groups in total. The molecule has 1 saturated heterocycles. The largest absolute Gasteiger partial charge is 0.292 e. The predicted octanol–water partition coefficient (Wildman–Crippen LogP) is 3.69. The van der Waals surface area contributed by atoms with Crippen molar-refractivity contribution in [2.24, 2.45) is 11.3 Å². The molecule has 0 amide bonds. The van der Waals surface area contributed by atoms with Crippen LogP contribution in [0.2, 0.25) is 0 Å². The molecule has 0 bridgehead atoms. The van der Waals surface area contributed by atoms with Crippen LogP contribution in [0.4, 0.5) is 4.39 Å². The van der Waals surface area contributed by atoms with Crippen LogP contribution in [0.5, 0.6) is 0 Å². The zero-order valence-electron chi connectivity index (χ0n) is 21.6. The van der Waals surface area contributed by atoms with Crippen LogP contribution in [-0.2, 0) is 29.4 Å². The van der Waals surface area contributed by atoms with Crippen molar-refractivity contribution in [3.63, 3.8) is 0 Å². The van der Waals surface area contributed by atoms with Gasteiger partial charge in [-0.25, -0.2) is 17.5 Å². The van der Waals surface area contributed by atoms with Crippen LogP contribution in [-0.4, -0.2) is 56.1 Å². The van der Waals surface area contributed by atoms with Crippen molar-refractivity contribution >= 4 is 15.8 Å². The number of fused-ring (bicyclic) bond motifs is 2. The van der Waals surface area contributed by atoms with E-state index in [9.17, 15) is 17.6 Å². The predicted molar refractivity (Wildman–Crippen MR) is 141 cm³/mol. The molecule has 0 radical (unpaired) electrons. The number of halogens is 1. The van der Waals surface area contributed by atoms with E-state index in [1.165, 1.54) is 22.6 Å². The zero-order chi connectivity index (χ0) is 27.2. The minimum Gasteiger partial charge on any atom is -0.292 e. The number of sulfonamides is 1. The van der Waals surface area contributed by atoms with Gasteiger partial charge in [-0.15, -0.1) is 0 Å². The highest BCUT2D eigenvalue weighted by Gasteiger charge is 2.54. The number of rotatable bonds is 7. The topological polar surface area (TPSA) is 103 Å². The molecule has 0 unspecified atom stereocenters. The van der Waals surface area contributed by atoms with Gasteiger partial charge in [0.05, 0.1) is 23.5 Å². The van der Waals surface area contributed by atoms with Gasteiger partial charge in [0.25, 0.3) is 0 Å². The van der Waals surface area contributed by atoms with Crippen LogP contribution in [0, 0.1) is 17.2 Å². The monoisotopic (exact) mass is 548 g/mol. The van der Waals surface area contributed by atoms with Gasteiger partial charge in [0.2, 0.25) is 10.0 Å². The van der Waals surface area contributed by atoms with Gasteiger partial charge in [-0.2, -0.15) is 14.5 Å². The molecule has 9 nitrogen and oxygen atoms in total. The fourth-order valence-corrected chi connectivity index (χ4v) is 7.50. The Morgan fingerprint density at radius 3 is 2.69 bits per heavy atom. The molecule has 6 rings (SSSR count). The minimum atomic E-state index is -3.86. The number of aromatic nitrogens is 5. The first-order valence-corrected chi connectivity index (χ1v) is 14.6. The number of pyridine rings is 1. The van der Waals surface area contributed by atoms with E-state index in [-0.39, 0.29) is 29.0 Å². The Hall–Kier alpha value is -3.70. The van der Waals surface area contributed by atoms with Gasteiger partial charge in [-0.05, 0) is 73.6 Å². The molecule has 1 aliphatic carbocycles. The maximum Gasteiger partial charge on any atom is 0.246 e. The second-order valence-electron chi connectivity index (χ2n) is 10.3. The van der Waals surface area contributed by atoms with Gasteiger partial charge >= 0.3 is 0 Å². The van der Waals surface area contributed by atoms with Crippen LogP contribution in [0.15, 0.2) is 72.1 Å². The smallest absolute Gasteiger partial charge is 0.246 e. The van der Waals surface area contributed by atoms with E-state index in [1.807, 2.05) is 6.92 Å². The molecule has 3 aromatic heterocycles. The van der Waals surface area contributed by atoms with E-state index < -0.39 is 15.4 Å². The zero-order valence-corrected chi connectivity index (χ0v) is 22.4. The Morgan fingerprint density at radius 1 is 1.13 bits per heavy atom. The number of benzene rings is 1. The van der Waals surface area contributed by atoms with Crippen molar-refractivity contribution < 1.29 is 17.6 Å². The third-order valence-corrected chi connectivity index (χ3v) is 9.79. The van der Waals surface area contributed by atoms with E-state index >= 15 is 0 Å². The summed E-state index contributed by atoms with van der Waals surface area (Å²) in [6.07, 6.45) is 8.50. The molecule has 4 heterocycles. The molecule has 2 aliphatic rings. The average molecular weight is 549 g/mol. The lowest BCUT2D eigenvalue weighted by Gasteiger charge is -2.49. The van der Waals surface area contributed by atoms with Gasteiger partial charge in [-0.1, -0.05) is 13.0 Å². The number of Topliss-reactive ketones (excluding diaryl/α,β-unsaturated/α-hetero) is 1. The summed E-state index contributed by atoms with van der Waals surface area (Å²) in [5.74, 6) is -0.604. The van der Waals surface area contributed by atoms with Crippen molar-refractivity contribution in [1.82, 2.24) is 28.9 Å². The number of hydrogen-bond acceptors (Lipinski definition) is 6. The first-order valence-electron chi connectivity index (χ1n) is 13.1. The van der Waals surface area contributed by atoms with Crippen molar-refractivity contribution in [3.8, 4) is 5.69 Å². The second kappa shape index (κ2) is 9.80. The van der Waals surface area contributed by atoms with E-state index in [2.05, 4.69) is 15.2 Å². The summed E-state index contributed by atoms with van der Waals surface area (Å²) in [6.45, 7) is 2.97. The Labute approximate surface area is 226 Å². The molecular weight excluding hydrogens is 519 g/mol. The quantitative estimate of drug-likeness (QED) is 0.327. The number of ketones is 1. The second-order valence-corrected chi connectivity index (χ2v) is 12.3. The van der Waals surface area contributed by atoms with E-state index in [0.717, 1.165) is 23.4 Å². The highest BCUT2D eigenvalue weighted by molar-refractivity contribution is 7.89. The van der Waals surface area contributed by atoms with E-state index in [4.69, 9.17) is 0 Å². The van der Waals surface area contributed by atoms with Gasteiger partial charge in [0.1, 0.15) is 16.4 Å². The van der Waals surface area contributed by atoms with Gasteiger partial charge < -0.3 is 0 Å². The number of aryl methyl sites for hydroxylation is 1. The average Bonchev–Trinajstić information content (AvgIpc) is 3.59. The van der Waals surface area contributed by atoms with Gasteiger partial charge in [0, 0.05) is 37.7 Å². The highest BCUT2D eigenvalue weighted by Crippen LogP contribution is 2.48. The SMILES string of the molecule is CCCn1cc(S(=O)(=O)N2CC[C@H]3Cc4c(cnn4-c4ccc(F)cc4)C[C@]3(C(=O)c3ccccn3)C2)cn1. The summed E-state index contributed by atoms with van der Waals surface area (Å²) >= 11 is 0. The first-order chi connectivity index (χ1) is 18.8. The molecule has 0 saturated carbocycles. The standard InChI is InChI=1S/C28H29FN6O3S/c1-2-12-33-18-24(17-31-33)39(37,38)34-13-10-21-14-26-20(16-32-35(26)23-8-6-22(29)7-9-23)15-28(21,19-34)27(36)25-5-3-4-11-30-25/h3-9,11,16-18,21H,2,10,12-15,19H2,1H3/t21-,28-/m0/s1. The van der Waals surface area contributed by atoms with E-state index in [1.54, 1.807) is 58.3 Å². The molecule has 11 heteroatoms. The highest BCUT2D eigenvalue weighted by atomic mass is 32.2. The Morgan fingerprint density at radius 2 is 1.95 bits per heavy atom. The van der Waals surface area contributed by atoms with Crippen molar-refractivity contribution in [2.75, 3.05) is 13.1 Å². The summed E-state index contributed by atoms with van der Waals surface area (Å²) in [5, 5.41) is 8.79. The Bertz CT molecular complexity index is 1620. The first kappa shape index (κ1) is 25.6. The number of nitrogens with zero attached hydrogens (tertiary/aromatic N) is 6. The number of hydrogen-bond donors (Lipinski definition) is 0. The lowest BCUT2D eigenvalue weighted by molar-refractivity contribution is 0.0394. The van der Waals surface area contributed by atoms with Crippen LogP contribution in [0.25, 0.3) is 5.69 Å². The third-order valence-electron chi connectivity index (χ3n) is 7.99. The summed E-state index contributed by atoms with van der Waals surface area (Å²) < 4.78 is 45.9. The Balaban J connectivity index is 1.40. The van der Waals surface area contributed by atoms with Crippen molar-refractivity contribution in [3.05, 3.63) is 90.0 Å². The fraction of sp³-hybridized carbons (Fsp3) is 0.357. The summed E-state index contributed by atoms with van der Waals surface area (Å²) in [4.78, 5) is 18.7. The fourth-order valence-electron chi connectivity index (χ4n) is 6.02. The molecule has 2 atom stereocenters. The van der Waals surface area contributed by atoms with Crippen LogP contribution >= 0.6 is 0 Å². The minimum absolute atomic E-state index is 0.0511. The van der Waals surface area contributed by atoms with Crippen molar-refractivity contribution in [2.45, 2.75) is 44.0 Å². The summed E-state index contributed by atoms with van der Waals surface area (Å²) in [7, 11) is -3.86. The lowest BCUT2D eigenvalue weighted by Crippen LogP contribution is -2.57. The molecule has 39 heavy (non-hydrogen) atoms. The number of piperidine rings is 1. The van der Waals surface area contributed by atoms with Crippen molar-refractivity contribution in [1.29, 1.82) is 0 Å². The molecule has 1 fully saturated rings. The Kier molecular flexibility index (Phi) is 6.43. The van der Waals surface area contributed by atoms with Crippen LogP contribution in [0.3, 0.4) is 0 Å². The molecular formula is C28H29FN6O3S. The maximum atomic E-state index is 14.2. The lowest BCUT2D eigenvalue weighted by atomic mass is 9.60. The number of carbonyl (C=O) groups excluding carboxylic acids is 1. The number of carbonyl (C=O) groups is 1. The van der Waals surface area contributed by atoms with Crippen LogP contribution in [0.1, 0.15) is 41.5 Å². The molecule has 0 spiro atoms. The molecule has 4 aromatic rings. The van der Waals surface area contributed by atoms with E-state index in [0.29, 0.717) is 38.0 Å². The molecule has 202 valence electrons. The normalized spacial score (nSPS) is 21.3. The maximum absolute atomic E-state index is 14.2. The molecule has 1 aliphatic heterocycles. The summed E-state index contributed by atoms with van der Waals surface area (Å²) in [5.41, 5.74) is 1.92. The summed E-state index contributed by atoms with van der Waals surface area (Å²) in [6, 6.07) is 11.4. The molecule has 1 aromatic carbocycles. The third kappa shape index (κ3) is 4.39. The van der Waals surface area contributed by atoms with Crippen LogP contribution < -0.4 is 0 Å². The van der Waals surface area contributed by atoms with Gasteiger partial charge in [-0.3, -0.25) is 14.5 Å².